The second-order valence-corrected chi connectivity index (χ2v) is 5.34. The Morgan fingerprint density at radius 2 is 1.82 bits per heavy atom. The second kappa shape index (κ2) is 4.55. The summed E-state index contributed by atoms with van der Waals surface area (Å²) in [6.45, 7) is 0. The van der Waals surface area contributed by atoms with Crippen LogP contribution in [-0.2, 0) is 5.75 Å². The van der Waals surface area contributed by atoms with Gasteiger partial charge in [-0.3, -0.25) is 0 Å². The zero-order chi connectivity index (χ0) is 11.7. The number of benzene rings is 2. The van der Waals surface area contributed by atoms with Gasteiger partial charge in [-0.1, -0.05) is 42.5 Å². The largest absolute Gasteiger partial charge is 0.388 e. The maximum Gasteiger partial charge on any atom is 0.0883 e. The molecule has 1 heterocycles. The summed E-state index contributed by atoms with van der Waals surface area (Å²) in [5.74, 6) is 1.83. The van der Waals surface area contributed by atoms with Crippen LogP contribution in [-0.4, -0.2) is 10.9 Å². The van der Waals surface area contributed by atoms with Crippen molar-refractivity contribution in [2.45, 2.75) is 11.9 Å². The first-order valence-corrected chi connectivity index (χ1v) is 6.94. The fraction of sp³-hybridized carbons (Fsp3) is 0.200. The number of hydrogen-bond acceptors (Lipinski definition) is 2. The molecule has 1 atom stereocenters. The van der Waals surface area contributed by atoms with Crippen LogP contribution in [0.25, 0.3) is 11.1 Å². The molecule has 1 aliphatic rings. The quantitative estimate of drug-likeness (QED) is 0.824. The fourth-order valence-corrected chi connectivity index (χ4v) is 3.22. The van der Waals surface area contributed by atoms with E-state index in [4.69, 9.17) is 0 Å². The van der Waals surface area contributed by atoms with Crippen molar-refractivity contribution >= 4 is 11.8 Å². The van der Waals surface area contributed by atoms with Crippen molar-refractivity contribution in [1.29, 1.82) is 0 Å². The Labute approximate surface area is 105 Å². The van der Waals surface area contributed by atoms with Crippen molar-refractivity contribution in [2.24, 2.45) is 0 Å². The van der Waals surface area contributed by atoms with Crippen LogP contribution < -0.4 is 0 Å². The highest BCUT2D eigenvalue weighted by Gasteiger charge is 2.18. The zero-order valence-electron chi connectivity index (χ0n) is 9.47. The number of fused-ring (bicyclic) bond motifs is 1. The predicted octanol–water partition coefficient (Wildman–Crippen LogP) is 3.63. The van der Waals surface area contributed by atoms with Gasteiger partial charge in [0.1, 0.15) is 0 Å². The Morgan fingerprint density at radius 3 is 2.65 bits per heavy atom. The van der Waals surface area contributed by atoms with Crippen molar-refractivity contribution < 1.29 is 5.11 Å². The van der Waals surface area contributed by atoms with Crippen molar-refractivity contribution in [3.05, 3.63) is 59.7 Å². The van der Waals surface area contributed by atoms with E-state index >= 15 is 0 Å². The van der Waals surface area contributed by atoms with Gasteiger partial charge in [-0.05, 0) is 28.3 Å². The van der Waals surface area contributed by atoms with E-state index in [1.807, 2.05) is 18.2 Å². The highest BCUT2D eigenvalue weighted by molar-refractivity contribution is 7.98. The molecule has 0 saturated carbocycles. The Kier molecular flexibility index (Phi) is 2.91. The SMILES string of the molecule is O[C@@H]1CSCc2ccc(-c3ccccc3)cc21. The first kappa shape index (κ1) is 10.9. The monoisotopic (exact) mass is 242 g/mol. The summed E-state index contributed by atoms with van der Waals surface area (Å²) in [7, 11) is 0. The molecular weight excluding hydrogens is 228 g/mol. The number of hydrogen-bond donors (Lipinski definition) is 1. The van der Waals surface area contributed by atoms with Crippen molar-refractivity contribution in [3.63, 3.8) is 0 Å². The summed E-state index contributed by atoms with van der Waals surface area (Å²) in [6, 6.07) is 16.7. The summed E-state index contributed by atoms with van der Waals surface area (Å²) >= 11 is 1.80. The lowest BCUT2D eigenvalue weighted by Gasteiger charge is -2.21. The second-order valence-electron chi connectivity index (χ2n) is 4.31. The minimum Gasteiger partial charge on any atom is -0.388 e. The summed E-state index contributed by atoms with van der Waals surface area (Å²) in [4.78, 5) is 0. The Balaban J connectivity index is 2.06. The zero-order valence-corrected chi connectivity index (χ0v) is 10.3. The van der Waals surface area contributed by atoms with Gasteiger partial charge < -0.3 is 5.11 Å². The lowest BCUT2D eigenvalue weighted by molar-refractivity contribution is 0.202. The van der Waals surface area contributed by atoms with E-state index in [1.165, 1.54) is 16.7 Å². The lowest BCUT2D eigenvalue weighted by Crippen LogP contribution is -2.09. The van der Waals surface area contributed by atoms with E-state index in [9.17, 15) is 5.11 Å². The standard InChI is InChI=1S/C15H14OS/c16-15-10-17-9-13-7-6-12(8-14(13)15)11-4-2-1-3-5-11/h1-8,15-16H,9-10H2/t15-/m1/s1. The Morgan fingerprint density at radius 1 is 1.00 bits per heavy atom. The van der Waals surface area contributed by atoms with Gasteiger partial charge >= 0.3 is 0 Å². The molecule has 2 aromatic carbocycles. The molecule has 0 spiro atoms. The molecule has 2 aromatic rings. The van der Waals surface area contributed by atoms with Gasteiger partial charge in [-0.2, -0.15) is 11.8 Å². The maximum absolute atomic E-state index is 10.0. The van der Waals surface area contributed by atoms with Gasteiger partial charge in [0.2, 0.25) is 0 Å². The molecule has 0 bridgehead atoms. The summed E-state index contributed by atoms with van der Waals surface area (Å²) in [5.41, 5.74) is 4.77. The molecule has 0 fully saturated rings. The molecule has 0 saturated heterocycles. The number of rotatable bonds is 1. The molecule has 0 radical (unpaired) electrons. The third kappa shape index (κ3) is 2.11. The number of aliphatic hydroxyl groups is 1. The predicted molar refractivity (Wildman–Crippen MR) is 73.0 cm³/mol. The van der Waals surface area contributed by atoms with Crippen LogP contribution in [0.4, 0.5) is 0 Å². The van der Waals surface area contributed by atoms with Gasteiger partial charge in [-0.15, -0.1) is 0 Å². The Bertz CT molecular complexity index is 522. The van der Waals surface area contributed by atoms with Gasteiger partial charge in [0, 0.05) is 11.5 Å². The van der Waals surface area contributed by atoms with E-state index in [2.05, 4.69) is 30.3 Å². The van der Waals surface area contributed by atoms with Crippen LogP contribution in [0.15, 0.2) is 48.5 Å². The third-order valence-corrected chi connectivity index (χ3v) is 4.21. The first-order valence-electron chi connectivity index (χ1n) is 5.78. The highest BCUT2D eigenvalue weighted by Crippen LogP contribution is 2.34. The Hall–Kier alpha value is -1.25. The van der Waals surface area contributed by atoms with Crippen molar-refractivity contribution in [3.8, 4) is 11.1 Å². The van der Waals surface area contributed by atoms with E-state index in [1.54, 1.807) is 11.8 Å². The molecule has 0 unspecified atom stereocenters. The van der Waals surface area contributed by atoms with Crippen LogP contribution in [0, 0.1) is 0 Å². The van der Waals surface area contributed by atoms with Gasteiger partial charge in [0.15, 0.2) is 0 Å². The van der Waals surface area contributed by atoms with E-state index in [0.717, 1.165) is 17.1 Å². The normalized spacial score (nSPS) is 18.8. The molecule has 1 nitrogen and oxygen atoms in total. The number of thioether (sulfide) groups is 1. The number of aliphatic hydroxyl groups excluding tert-OH is 1. The van der Waals surface area contributed by atoms with Crippen molar-refractivity contribution in [2.75, 3.05) is 5.75 Å². The maximum atomic E-state index is 10.0. The molecule has 0 aromatic heterocycles. The first-order chi connectivity index (χ1) is 8.34. The van der Waals surface area contributed by atoms with Crippen LogP contribution in [0.2, 0.25) is 0 Å². The fourth-order valence-electron chi connectivity index (χ4n) is 2.22. The molecule has 1 N–H and O–H groups in total. The van der Waals surface area contributed by atoms with Gasteiger partial charge in [0.25, 0.3) is 0 Å². The van der Waals surface area contributed by atoms with Crippen LogP contribution in [0.5, 0.6) is 0 Å². The van der Waals surface area contributed by atoms with Crippen molar-refractivity contribution in [1.82, 2.24) is 0 Å². The molecule has 17 heavy (non-hydrogen) atoms. The smallest absolute Gasteiger partial charge is 0.0883 e. The lowest BCUT2D eigenvalue weighted by atomic mass is 9.97. The van der Waals surface area contributed by atoms with Crippen LogP contribution in [0.1, 0.15) is 17.2 Å². The minimum atomic E-state index is -0.313. The summed E-state index contributed by atoms with van der Waals surface area (Å²) < 4.78 is 0. The average molecular weight is 242 g/mol. The molecule has 1 aliphatic heterocycles. The van der Waals surface area contributed by atoms with Crippen LogP contribution >= 0.6 is 11.8 Å². The van der Waals surface area contributed by atoms with E-state index < -0.39 is 0 Å². The third-order valence-electron chi connectivity index (χ3n) is 3.15. The van der Waals surface area contributed by atoms with E-state index in [-0.39, 0.29) is 6.10 Å². The highest BCUT2D eigenvalue weighted by atomic mass is 32.2. The van der Waals surface area contributed by atoms with E-state index in [0.29, 0.717) is 0 Å². The summed E-state index contributed by atoms with van der Waals surface area (Å²) in [5, 5.41) is 10.0. The molecular formula is C15H14OS. The van der Waals surface area contributed by atoms with Gasteiger partial charge in [0.05, 0.1) is 6.10 Å². The molecule has 2 heteroatoms. The average Bonchev–Trinajstić information content (AvgIpc) is 2.40. The van der Waals surface area contributed by atoms with Gasteiger partial charge in [-0.25, -0.2) is 0 Å². The topological polar surface area (TPSA) is 20.2 Å². The molecule has 0 amide bonds. The molecule has 86 valence electrons. The molecule has 0 aliphatic carbocycles. The minimum absolute atomic E-state index is 0.313. The summed E-state index contributed by atoms with van der Waals surface area (Å²) in [6.07, 6.45) is -0.313. The van der Waals surface area contributed by atoms with Crippen LogP contribution in [0.3, 0.4) is 0 Å². The molecule has 3 rings (SSSR count).